The van der Waals surface area contributed by atoms with Gasteiger partial charge in [-0.15, -0.1) is 0 Å². The summed E-state index contributed by atoms with van der Waals surface area (Å²) in [5.41, 5.74) is 7.38. The van der Waals surface area contributed by atoms with E-state index in [1.165, 1.54) is 0 Å². The normalized spacial score (nSPS) is 10.4. The quantitative estimate of drug-likeness (QED) is 0.735. The van der Waals surface area contributed by atoms with Gasteiger partial charge in [0.2, 0.25) is 5.91 Å². The van der Waals surface area contributed by atoms with E-state index in [0.29, 0.717) is 25.3 Å². The molecule has 18 heavy (non-hydrogen) atoms. The number of likely N-dealkylation sites (N-methyl/N-ethyl adjacent to an activating group) is 2. The van der Waals surface area contributed by atoms with Gasteiger partial charge in [0.05, 0.1) is 13.7 Å². The van der Waals surface area contributed by atoms with Crippen LogP contribution in [0, 0.1) is 0 Å². The fourth-order valence-electron chi connectivity index (χ4n) is 1.74. The predicted molar refractivity (Wildman–Crippen MR) is 72.4 cm³/mol. The third-order valence-corrected chi connectivity index (χ3v) is 2.54. The molecule has 0 spiro atoms. The van der Waals surface area contributed by atoms with Crippen molar-refractivity contribution < 1.29 is 9.53 Å². The van der Waals surface area contributed by atoms with Crippen LogP contribution in [0.15, 0.2) is 18.2 Å². The molecule has 5 nitrogen and oxygen atoms in total. The molecule has 5 heteroatoms. The number of carbonyl (C=O) groups is 1. The molecule has 0 aliphatic rings. The van der Waals surface area contributed by atoms with Crippen LogP contribution in [-0.4, -0.2) is 38.1 Å². The van der Waals surface area contributed by atoms with Gasteiger partial charge in [0.15, 0.2) is 0 Å². The highest BCUT2D eigenvalue weighted by atomic mass is 16.5. The zero-order chi connectivity index (χ0) is 13.5. The van der Waals surface area contributed by atoms with E-state index < -0.39 is 0 Å². The van der Waals surface area contributed by atoms with Crippen LogP contribution in [0.3, 0.4) is 0 Å². The number of hydrogen-bond acceptors (Lipinski definition) is 4. The maximum Gasteiger partial charge on any atom is 0.234 e. The number of benzene rings is 1. The van der Waals surface area contributed by atoms with Gasteiger partial charge in [-0.1, -0.05) is 6.07 Å². The molecule has 1 amide bonds. The number of nitrogen functional groups attached to an aromatic ring is 1. The van der Waals surface area contributed by atoms with Crippen LogP contribution in [0.1, 0.15) is 12.5 Å². The Balaban J connectivity index is 2.63. The lowest BCUT2D eigenvalue weighted by Crippen LogP contribution is -2.34. The standard InChI is InChI=1S/C13H21N3O2/c1-4-15-13(17)9-16(2)8-10-5-6-11(14)7-12(10)18-3/h5-7H,4,8-9,14H2,1-3H3,(H,15,17). The summed E-state index contributed by atoms with van der Waals surface area (Å²) in [5, 5.41) is 2.77. The van der Waals surface area contributed by atoms with Gasteiger partial charge in [0.25, 0.3) is 0 Å². The first-order valence-corrected chi connectivity index (χ1v) is 5.94. The summed E-state index contributed by atoms with van der Waals surface area (Å²) < 4.78 is 5.27. The summed E-state index contributed by atoms with van der Waals surface area (Å²) in [4.78, 5) is 13.4. The van der Waals surface area contributed by atoms with Gasteiger partial charge in [-0.3, -0.25) is 9.69 Å². The van der Waals surface area contributed by atoms with E-state index in [2.05, 4.69) is 5.32 Å². The number of ether oxygens (including phenoxy) is 1. The molecule has 0 heterocycles. The summed E-state index contributed by atoms with van der Waals surface area (Å²) in [7, 11) is 3.51. The van der Waals surface area contributed by atoms with Crippen LogP contribution in [0.4, 0.5) is 5.69 Å². The number of methoxy groups -OCH3 is 1. The van der Waals surface area contributed by atoms with Crippen molar-refractivity contribution in [1.82, 2.24) is 10.2 Å². The first kappa shape index (κ1) is 14.3. The number of carbonyl (C=O) groups excluding carboxylic acids is 1. The summed E-state index contributed by atoms with van der Waals surface area (Å²) in [6.07, 6.45) is 0. The molecular formula is C13H21N3O2. The minimum Gasteiger partial charge on any atom is -0.496 e. The van der Waals surface area contributed by atoms with Gasteiger partial charge in [-0.05, 0) is 20.0 Å². The molecule has 1 aromatic rings. The Kier molecular flexibility index (Phi) is 5.45. The third kappa shape index (κ3) is 4.25. The molecule has 0 saturated carbocycles. The molecule has 0 radical (unpaired) electrons. The number of nitrogens with two attached hydrogens (primary N) is 1. The number of amides is 1. The lowest BCUT2D eigenvalue weighted by Gasteiger charge is -2.18. The largest absolute Gasteiger partial charge is 0.496 e. The van der Waals surface area contributed by atoms with Crippen LogP contribution >= 0.6 is 0 Å². The fraction of sp³-hybridized carbons (Fsp3) is 0.462. The molecule has 0 atom stereocenters. The lowest BCUT2D eigenvalue weighted by molar-refractivity contribution is -0.121. The Bertz CT molecular complexity index is 407. The van der Waals surface area contributed by atoms with Crippen molar-refractivity contribution >= 4 is 11.6 Å². The van der Waals surface area contributed by atoms with E-state index >= 15 is 0 Å². The Morgan fingerprint density at radius 2 is 2.22 bits per heavy atom. The minimum atomic E-state index is 0.0226. The number of hydrogen-bond donors (Lipinski definition) is 2. The van der Waals surface area contributed by atoms with Gasteiger partial charge >= 0.3 is 0 Å². The van der Waals surface area contributed by atoms with Crippen LogP contribution in [0.5, 0.6) is 5.75 Å². The van der Waals surface area contributed by atoms with E-state index in [1.807, 2.05) is 31.0 Å². The zero-order valence-corrected chi connectivity index (χ0v) is 11.2. The van der Waals surface area contributed by atoms with Crippen LogP contribution in [-0.2, 0) is 11.3 Å². The van der Waals surface area contributed by atoms with Gasteiger partial charge < -0.3 is 15.8 Å². The van der Waals surface area contributed by atoms with Crippen molar-refractivity contribution in [3.63, 3.8) is 0 Å². The average Bonchev–Trinajstić information content (AvgIpc) is 2.31. The molecule has 0 bridgehead atoms. The number of nitrogens with one attached hydrogen (secondary N) is 1. The molecule has 0 aromatic heterocycles. The van der Waals surface area contributed by atoms with Crippen LogP contribution < -0.4 is 15.8 Å². The highest BCUT2D eigenvalue weighted by Crippen LogP contribution is 2.22. The summed E-state index contributed by atoms with van der Waals surface area (Å²) in [6.45, 7) is 3.56. The van der Waals surface area contributed by atoms with E-state index in [4.69, 9.17) is 10.5 Å². The monoisotopic (exact) mass is 251 g/mol. The second kappa shape index (κ2) is 6.86. The summed E-state index contributed by atoms with van der Waals surface area (Å²) >= 11 is 0. The summed E-state index contributed by atoms with van der Waals surface area (Å²) in [5.74, 6) is 0.771. The number of nitrogens with zero attached hydrogens (tertiary/aromatic N) is 1. The molecule has 0 aliphatic carbocycles. The van der Waals surface area contributed by atoms with E-state index in [-0.39, 0.29) is 5.91 Å². The molecule has 1 rings (SSSR count). The van der Waals surface area contributed by atoms with E-state index in [0.717, 1.165) is 11.3 Å². The van der Waals surface area contributed by atoms with Crippen molar-refractivity contribution in [2.24, 2.45) is 0 Å². The van der Waals surface area contributed by atoms with Crippen molar-refractivity contribution in [3.8, 4) is 5.75 Å². The number of anilines is 1. The van der Waals surface area contributed by atoms with Crippen molar-refractivity contribution in [2.45, 2.75) is 13.5 Å². The predicted octanol–water partition coefficient (Wildman–Crippen LogP) is 0.845. The number of rotatable bonds is 6. The smallest absolute Gasteiger partial charge is 0.234 e. The van der Waals surface area contributed by atoms with E-state index in [9.17, 15) is 4.79 Å². The minimum absolute atomic E-state index is 0.0226. The van der Waals surface area contributed by atoms with Crippen LogP contribution in [0.2, 0.25) is 0 Å². The SMILES string of the molecule is CCNC(=O)CN(C)Cc1ccc(N)cc1OC. The van der Waals surface area contributed by atoms with Crippen molar-refractivity contribution in [2.75, 3.05) is 33.0 Å². The highest BCUT2D eigenvalue weighted by Gasteiger charge is 2.09. The van der Waals surface area contributed by atoms with Crippen molar-refractivity contribution in [1.29, 1.82) is 0 Å². The van der Waals surface area contributed by atoms with Crippen LogP contribution in [0.25, 0.3) is 0 Å². The first-order valence-electron chi connectivity index (χ1n) is 5.94. The first-order chi connectivity index (χ1) is 8.56. The maximum absolute atomic E-state index is 11.4. The van der Waals surface area contributed by atoms with Gasteiger partial charge in [0.1, 0.15) is 5.75 Å². The zero-order valence-electron chi connectivity index (χ0n) is 11.2. The molecule has 3 N–H and O–H groups in total. The van der Waals surface area contributed by atoms with Gasteiger partial charge in [0, 0.05) is 30.4 Å². The Labute approximate surface area is 108 Å². The fourth-order valence-corrected chi connectivity index (χ4v) is 1.74. The Morgan fingerprint density at radius 1 is 1.50 bits per heavy atom. The maximum atomic E-state index is 11.4. The Morgan fingerprint density at radius 3 is 2.83 bits per heavy atom. The van der Waals surface area contributed by atoms with E-state index in [1.54, 1.807) is 13.2 Å². The molecular weight excluding hydrogens is 230 g/mol. The van der Waals surface area contributed by atoms with Gasteiger partial charge in [-0.25, -0.2) is 0 Å². The second-order valence-corrected chi connectivity index (χ2v) is 4.20. The molecule has 0 saturated heterocycles. The highest BCUT2D eigenvalue weighted by molar-refractivity contribution is 5.77. The Hall–Kier alpha value is -1.75. The molecule has 0 unspecified atom stereocenters. The summed E-state index contributed by atoms with van der Waals surface area (Å²) in [6, 6.07) is 5.54. The average molecular weight is 251 g/mol. The molecule has 0 fully saturated rings. The lowest BCUT2D eigenvalue weighted by atomic mass is 10.1. The van der Waals surface area contributed by atoms with Crippen molar-refractivity contribution in [3.05, 3.63) is 23.8 Å². The third-order valence-electron chi connectivity index (χ3n) is 2.54. The van der Waals surface area contributed by atoms with Gasteiger partial charge in [-0.2, -0.15) is 0 Å². The topological polar surface area (TPSA) is 67.6 Å². The second-order valence-electron chi connectivity index (χ2n) is 4.20. The molecule has 100 valence electrons. The molecule has 1 aromatic carbocycles. The molecule has 0 aliphatic heterocycles.